The van der Waals surface area contributed by atoms with E-state index >= 15 is 0 Å². The van der Waals surface area contributed by atoms with Gasteiger partial charge in [0.1, 0.15) is 5.60 Å². The topological polar surface area (TPSA) is 45.7 Å². The van der Waals surface area contributed by atoms with Crippen molar-refractivity contribution in [2.75, 3.05) is 26.7 Å². The van der Waals surface area contributed by atoms with Crippen LogP contribution in [0.25, 0.3) is 0 Å². The molecule has 0 unspecified atom stereocenters. The summed E-state index contributed by atoms with van der Waals surface area (Å²) < 4.78 is 6.86. The predicted octanol–water partition coefficient (Wildman–Crippen LogP) is 3.44. The quantitative estimate of drug-likeness (QED) is 0.0877. The summed E-state index contributed by atoms with van der Waals surface area (Å²) in [4.78, 5) is 4.39. The smallest absolute Gasteiger partial charge is 0.190 e. The third-order valence-corrected chi connectivity index (χ3v) is 6.82. The Morgan fingerprint density at radius 2 is 1.32 bits per heavy atom. The van der Waals surface area contributed by atoms with Crippen LogP contribution >= 0.6 is 0 Å². The second-order valence-electron chi connectivity index (χ2n) is 9.27. The summed E-state index contributed by atoms with van der Waals surface area (Å²) in [6.45, 7) is 2.31. The number of nitrogens with one attached hydrogen (secondary N) is 2. The number of hydrogen-bond acceptors (Lipinski definition) is 2. The molecule has 0 saturated heterocycles. The maximum absolute atomic E-state index is 6.86. The lowest BCUT2D eigenvalue weighted by atomic mass is 9.80. The van der Waals surface area contributed by atoms with Crippen LogP contribution in [-0.4, -0.2) is 32.7 Å². The van der Waals surface area contributed by atoms with E-state index in [1.165, 1.54) is 25.7 Å². The fourth-order valence-electron chi connectivity index (χ4n) is 4.97. The molecule has 0 aliphatic heterocycles. The van der Waals surface area contributed by atoms with Crippen molar-refractivity contribution in [2.24, 2.45) is 4.99 Å². The van der Waals surface area contributed by atoms with Gasteiger partial charge in [-0.2, -0.15) is 0 Å². The standard InChI is InChI=1S/C32H39N3O.HI/c1-33-31(35-25-23-27-15-6-2-7-16-27)34-24-14-26-36-32(28-17-8-3-9-18-28,29-19-10-4-11-20-29)30-21-12-5-13-22-30;/h3-5,8-13,15,17-22H,2,6-7,14,16,23-26H2,1H3,(H2,33,34,35);1H/p-1. The van der Waals surface area contributed by atoms with E-state index in [9.17, 15) is 0 Å². The summed E-state index contributed by atoms with van der Waals surface area (Å²) in [5, 5.41) is 6.91. The van der Waals surface area contributed by atoms with Gasteiger partial charge in [0, 0.05) is 20.1 Å². The second-order valence-corrected chi connectivity index (χ2v) is 9.27. The predicted molar refractivity (Wildman–Crippen MR) is 150 cm³/mol. The Bertz CT molecular complexity index is 1000. The fraction of sp³-hybridized carbons (Fsp3) is 0.344. The number of guanidine groups is 1. The van der Waals surface area contributed by atoms with Crippen LogP contribution in [0.15, 0.2) is 108 Å². The zero-order chi connectivity index (χ0) is 24.9. The lowest BCUT2D eigenvalue weighted by Gasteiger charge is -2.36. The molecule has 0 atom stereocenters. The summed E-state index contributed by atoms with van der Waals surface area (Å²) in [6.07, 6.45) is 9.52. The third-order valence-electron chi connectivity index (χ3n) is 6.82. The first-order valence-electron chi connectivity index (χ1n) is 13.3. The van der Waals surface area contributed by atoms with Crippen LogP contribution in [0.3, 0.4) is 0 Å². The molecule has 5 heteroatoms. The van der Waals surface area contributed by atoms with Crippen LogP contribution in [0.5, 0.6) is 0 Å². The number of halogens is 1. The zero-order valence-corrected chi connectivity index (χ0v) is 24.0. The van der Waals surface area contributed by atoms with Crippen LogP contribution in [0, 0.1) is 0 Å². The Morgan fingerprint density at radius 3 is 1.81 bits per heavy atom. The highest BCUT2D eigenvalue weighted by Crippen LogP contribution is 2.40. The Balaban J connectivity index is 0.00000380. The highest BCUT2D eigenvalue weighted by Gasteiger charge is 2.37. The van der Waals surface area contributed by atoms with E-state index in [4.69, 9.17) is 4.74 Å². The van der Waals surface area contributed by atoms with E-state index in [1.807, 2.05) is 7.05 Å². The number of aliphatic imine (C=N–C) groups is 1. The van der Waals surface area contributed by atoms with Gasteiger partial charge in [-0.3, -0.25) is 4.99 Å². The first kappa shape index (κ1) is 28.9. The van der Waals surface area contributed by atoms with E-state index in [-0.39, 0.29) is 24.0 Å². The largest absolute Gasteiger partial charge is 1.00 e. The highest BCUT2D eigenvalue weighted by molar-refractivity contribution is 5.79. The Labute approximate surface area is 239 Å². The number of ether oxygens (including phenoxy) is 1. The van der Waals surface area contributed by atoms with Gasteiger partial charge < -0.3 is 39.3 Å². The van der Waals surface area contributed by atoms with Crippen LogP contribution in [0.1, 0.15) is 55.2 Å². The van der Waals surface area contributed by atoms with Crippen molar-refractivity contribution in [3.05, 3.63) is 119 Å². The molecule has 0 radical (unpaired) electrons. The molecule has 3 aromatic rings. The maximum Gasteiger partial charge on any atom is 0.190 e. The van der Waals surface area contributed by atoms with Gasteiger partial charge >= 0.3 is 0 Å². The minimum atomic E-state index is -0.669. The molecule has 3 aromatic carbocycles. The molecular weight excluding hydrogens is 569 g/mol. The summed E-state index contributed by atoms with van der Waals surface area (Å²) in [5.74, 6) is 0.854. The molecule has 0 heterocycles. The molecule has 1 aliphatic carbocycles. The monoisotopic (exact) mass is 608 g/mol. The molecule has 4 rings (SSSR count). The summed E-state index contributed by atoms with van der Waals surface area (Å²) in [7, 11) is 1.83. The summed E-state index contributed by atoms with van der Waals surface area (Å²) >= 11 is 0. The SMILES string of the molecule is CN=C(NCCCOC(c1ccccc1)(c1ccccc1)c1ccccc1)NCCC1=CCCCC1.[I-]. The number of rotatable bonds is 11. The van der Waals surface area contributed by atoms with Crippen LogP contribution < -0.4 is 34.6 Å². The first-order chi connectivity index (χ1) is 17.8. The molecule has 0 amide bonds. The minimum Gasteiger partial charge on any atom is -1.00 e. The van der Waals surface area contributed by atoms with Gasteiger partial charge in [0.15, 0.2) is 5.96 Å². The van der Waals surface area contributed by atoms with Crippen molar-refractivity contribution in [1.82, 2.24) is 10.6 Å². The van der Waals surface area contributed by atoms with E-state index in [2.05, 4.69) is 113 Å². The molecule has 37 heavy (non-hydrogen) atoms. The van der Waals surface area contributed by atoms with Crippen LogP contribution in [0.4, 0.5) is 0 Å². The van der Waals surface area contributed by atoms with Crippen molar-refractivity contribution in [2.45, 2.75) is 44.1 Å². The second kappa shape index (κ2) is 15.6. The average Bonchev–Trinajstić information content (AvgIpc) is 2.96. The molecule has 2 N–H and O–H groups in total. The Morgan fingerprint density at radius 1 is 0.784 bits per heavy atom. The third kappa shape index (κ3) is 7.92. The van der Waals surface area contributed by atoms with E-state index < -0.39 is 5.60 Å². The van der Waals surface area contributed by atoms with Crippen molar-refractivity contribution < 1.29 is 28.7 Å². The van der Waals surface area contributed by atoms with Gasteiger partial charge in [-0.1, -0.05) is 103 Å². The minimum absolute atomic E-state index is 0. The molecule has 4 nitrogen and oxygen atoms in total. The highest BCUT2D eigenvalue weighted by atomic mass is 127. The molecule has 196 valence electrons. The Hall–Kier alpha value is -2.64. The average molecular weight is 609 g/mol. The van der Waals surface area contributed by atoms with E-state index in [0.29, 0.717) is 6.61 Å². The van der Waals surface area contributed by atoms with Gasteiger partial charge in [-0.05, 0) is 55.2 Å². The van der Waals surface area contributed by atoms with Crippen LogP contribution in [-0.2, 0) is 10.3 Å². The molecule has 0 bridgehead atoms. The van der Waals surface area contributed by atoms with Crippen molar-refractivity contribution in [3.63, 3.8) is 0 Å². The van der Waals surface area contributed by atoms with Crippen molar-refractivity contribution in [3.8, 4) is 0 Å². The van der Waals surface area contributed by atoms with Gasteiger partial charge in [0.05, 0.1) is 6.61 Å². The molecule has 0 spiro atoms. The normalized spacial score (nSPS) is 13.9. The molecule has 0 aromatic heterocycles. The fourth-order valence-corrected chi connectivity index (χ4v) is 4.97. The first-order valence-corrected chi connectivity index (χ1v) is 13.3. The molecule has 0 fully saturated rings. The van der Waals surface area contributed by atoms with Crippen molar-refractivity contribution >= 4 is 5.96 Å². The molecule has 0 saturated carbocycles. The van der Waals surface area contributed by atoms with E-state index in [1.54, 1.807) is 5.57 Å². The van der Waals surface area contributed by atoms with Gasteiger partial charge in [0.25, 0.3) is 0 Å². The Kier molecular flexibility index (Phi) is 12.2. The molecular formula is C32H39IN3O-. The zero-order valence-electron chi connectivity index (χ0n) is 21.8. The number of benzene rings is 3. The van der Waals surface area contributed by atoms with Gasteiger partial charge in [-0.25, -0.2) is 0 Å². The van der Waals surface area contributed by atoms with Gasteiger partial charge in [-0.15, -0.1) is 0 Å². The maximum atomic E-state index is 6.86. The van der Waals surface area contributed by atoms with Crippen molar-refractivity contribution in [1.29, 1.82) is 0 Å². The lowest BCUT2D eigenvalue weighted by molar-refractivity contribution is -0.0000168. The molecule has 1 aliphatic rings. The van der Waals surface area contributed by atoms with Crippen LogP contribution in [0.2, 0.25) is 0 Å². The number of nitrogens with zero attached hydrogens (tertiary/aromatic N) is 1. The van der Waals surface area contributed by atoms with Gasteiger partial charge in [0.2, 0.25) is 0 Å². The lowest BCUT2D eigenvalue weighted by Crippen LogP contribution is -3.00. The van der Waals surface area contributed by atoms with E-state index in [0.717, 1.165) is 48.6 Å². The summed E-state index contributed by atoms with van der Waals surface area (Å²) in [5.41, 5.74) is 4.30. The number of allylic oxidation sites excluding steroid dienone is 1. The summed E-state index contributed by atoms with van der Waals surface area (Å²) in [6, 6.07) is 31.6. The number of hydrogen-bond donors (Lipinski definition) is 2.